The summed E-state index contributed by atoms with van der Waals surface area (Å²) < 4.78 is 0. The van der Waals surface area contributed by atoms with Gasteiger partial charge in [-0.3, -0.25) is 0 Å². The summed E-state index contributed by atoms with van der Waals surface area (Å²) >= 11 is 0. The zero-order chi connectivity index (χ0) is 6.69. The molecular weight excluding hydrogens is 114 g/mol. The summed E-state index contributed by atoms with van der Waals surface area (Å²) in [6.07, 6.45) is 3.43. The van der Waals surface area contributed by atoms with E-state index in [1.165, 1.54) is 0 Å². The summed E-state index contributed by atoms with van der Waals surface area (Å²) in [6.45, 7) is 3.87. The van der Waals surface area contributed by atoms with Crippen molar-refractivity contribution in [2.24, 2.45) is 4.99 Å². The van der Waals surface area contributed by atoms with E-state index in [9.17, 15) is 0 Å². The van der Waals surface area contributed by atoms with Gasteiger partial charge in [0.05, 0.1) is 0 Å². The molecule has 0 fully saturated rings. The van der Waals surface area contributed by atoms with Crippen molar-refractivity contribution in [3.8, 4) is 0 Å². The predicted octanol–water partition coefficient (Wildman–Crippen LogP) is 1.52. The van der Waals surface area contributed by atoms with E-state index in [2.05, 4.69) is 15.0 Å². The molecule has 1 heterocycles. The molecule has 3 nitrogen and oxygen atoms in total. The van der Waals surface area contributed by atoms with Crippen LogP contribution in [0.5, 0.6) is 0 Å². The highest BCUT2D eigenvalue weighted by atomic mass is 15.0. The molecule has 1 aromatic heterocycles. The van der Waals surface area contributed by atoms with Gasteiger partial charge in [0.25, 0.3) is 0 Å². The minimum Gasteiger partial charge on any atom is -0.329 e. The summed E-state index contributed by atoms with van der Waals surface area (Å²) in [6, 6.07) is 0. The predicted molar refractivity (Wildman–Crippen MR) is 37.0 cm³/mol. The first-order valence-electron chi connectivity index (χ1n) is 2.80. The quantitative estimate of drug-likeness (QED) is 0.565. The van der Waals surface area contributed by atoms with E-state index in [1.807, 2.05) is 13.8 Å². The van der Waals surface area contributed by atoms with Crippen molar-refractivity contribution in [2.45, 2.75) is 13.8 Å². The molecule has 9 heavy (non-hydrogen) atoms. The lowest BCUT2D eigenvalue weighted by Gasteiger charge is -1.84. The standard InChI is InChI=1S/C6H9N3/c1-5(2)9-6-7-3-4-8-6/h3-4H,1-2H3,(H,7,8). The summed E-state index contributed by atoms with van der Waals surface area (Å²) in [5.74, 6) is 0.676. The first kappa shape index (κ1) is 6.01. The minimum atomic E-state index is 0.676. The third kappa shape index (κ3) is 1.68. The Morgan fingerprint density at radius 2 is 2.44 bits per heavy atom. The van der Waals surface area contributed by atoms with Gasteiger partial charge >= 0.3 is 0 Å². The lowest BCUT2D eigenvalue weighted by Crippen LogP contribution is -1.78. The van der Waals surface area contributed by atoms with Crippen LogP contribution in [-0.4, -0.2) is 15.7 Å². The Morgan fingerprint density at radius 1 is 1.67 bits per heavy atom. The Kier molecular flexibility index (Phi) is 1.63. The normalized spacial score (nSPS) is 9.11. The Bertz CT molecular complexity index is 194. The molecule has 0 aliphatic rings. The van der Waals surface area contributed by atoms with Gasteiger partial charge in [-0.1, -0.05) is 0 Å². The second kappa shape index (κ2) is 2.44. The SMILES string of the molecule is CC(C)=Nc1ncc[nH]1. The highest BCUT2D eigenvalue weighted by molar-refractivity contribution is 5.81. The maximum absolute atomic E-state index is 4.07. The fourth-order valence-corrected chi connectivity index (χ4v) is 0.530. The van der Waals surface area contributed by atoms with Crippen molar-refractivity contribution in [1.29, 1.82) is 0 Å². The Labute approximate surface area is 53.9 Å². The molecule has 48 valence electrons. The lowest BCUT2D eigenvalue weighted by atomic mass is 10.5. The van der Waals surface area contributed by atoms with Crippen molar-refractivity contribution in [1.82, 2.24) is 9.97 Å². The number of imidazole rings is 1. The molecule has 1 rings (SSSR count). The number of nitrogens with zero attached hydrogens (tertiary/aromatic N) is 2. The molecule has 1 aromatic rings. The Hall–Kier alpha value is -1.12. The van der Waals surface area contributed by atoms with Gasteiger partial charge < -0.3 is 4.98 Å². The summed E-state index contributed by atoms with van der Waals surface area (Å²) in [4.78, 5) is 10.9. The van der Waals surface area contributed by atoms with Crippen molar-refractivity contribution in [3.05, 3.63) is 12.4 Å². The smallest absolute Gasteiger partial charge is 0.226 e. The van der Waals surface area contributed by atoms with Gasteiger partial charge in [-0.05, 0) is 13.8 Å². The average molecular weight is 123 g/mol. The van der Waals surface area contributed by atoms with E-state index in [0.29, 0.717) is 5.95 Å². The van der Waals surface area contributed by atoms with E-state index in [-0.39, 0.29) is 0 Å². The zero-order valence-corrected chi connectivity index (χ0v) is 5.55. The molecule has 0 saturated heterocycles. The molecule has 0 unspecified atom stereocenters. The summed E-state index contributed by atoms with van der Waals surface area (Å²) in [5, 5.41) is 0. The molecule has 0 radical (unpaired) electrons. The van der Waals surface area contributed by atoms with Crippen LogP contribution in [0.3, 0.4) is 0 Å². The maximum Gasteiger partial charge on any atom is 0.226 e. The summed E-state index contributed by atoms with van der Waals surface area (Å²) in [7, 11) is 0. The van der Waals surface area contributed by atoms with Crippen LogP contribution in [0.1, 0.15) is 13.8 Å². The molecule has 1 N–H and O–H groups in total. The average Bonchev–Trinajstić information content (AvgIpc) is 2.15. The van der Waals surface area contributed by atoms with Crippen molar-refractivity contribution in [2.75, 3.05) is 0 Å². The van der Waals surface area contributed by atoms with Gasteiger partial charge in [-0.2, -0.15) is 0 Å². The van der Waals surface area contributed by atoms with Crippen LogP contribution in [0.2, 0.25) is 0 Å². The molecule has 0 saturated carbocycles. The number of hydrogen-bond donors (Lipinski definition) is 1. The van der Waals surface area contributed by atoms with Crippen LogP contribution < -0.4 is 0 Å². The van der Waals surface area contributed by atoms with Crippen LogP contribution in [-0.2, 0) is 0 Å². The monoisotopic (exact) mass is 123 g/mol. The second-order valence-corrected chi connectivity index (χ2v) is 1.97. The van der Waals surface area contributed by atoms with Crippen LogP contribution in [0, 0.1) is 0 Å². The van der Waals surface area contributed by atoms with E-state index in [1.54, 1.807) is 12.4 Å². The van der Waals surface area contributed by atoms with Gasteiger partial charge in [0.1, 0.15) is 0 Å². The molecule has 3 heteroatoms. The van der Waals surface area contributed by atoms with Gasteiger partial charge in [0, 0.05) is 18.1 Å². The molecule has 0 aliphatic heterocycles. The van der Waals surface area contributed by atoms with E-state index >= 15 is 0 Å². The Balaban J connectivity index is 2.80. The number of aromatic nitrogens is 2. The maximum atomic E-state index is 4.07. The molecule has 0 aliphatic carbocycles. The van der Waals surface area contributed by atoms with E-state index in [0.717, 1.165) is 5.71 Å². The highest BCUT2D eigenvalue weighted by Gasteiger charge is 1.85. The second-order valence-electron chi connectivity index (χ2n) is 1.97. The number of nitrogens with one attached hydrogen (secondary N) is 1. The summed E-state index contributed by atoms with van der Waals surface area (Å²) in [5.41, 5.74) is 1.00. The highest BCUT2D eigenvalue weighted by Crippen LogP contribution is 1.99. The molecular formula is C6H9N3. The first-order chi connectivity index (χ1) is 4.29. The minimum absolute atomic E-state index is 0.676. The number of rotatable bonds is 1. The van der Waals surface area contributed by atoms with Crippen LogP contribution in [0.15, 0.2) is 17.4 Å². The van der Waals surface area contributed by atoms with Gasteiger partial charge in [-0.25, -0.2) is 9.98 Å². The van der Waals surface area contributed by atoms with Crippen LogP contribution >= 0.6 is 0 Å². The topological polar surface area (TPSA) is 41.0 Å². The van der Waals surface area contributed by atoms with Crippen LogP contribution in [0.25, 0.3) is 0 Å². The number of H-pyrrole nitrogens is 1. The largest absolute Gasteiger partial charge is 0.329 e. The van der Waals surface area contributed by atoms with Gasteiger partial charge in [0.2, 0.25) is 5.95 Å². The molecule has 0 bridgehead atoms. The van der Waals surface area contributed by atoms with Gasteiger partial charge in [-0.15, -0.1) is 0 Å². The van der Waals surface area contributed by atoms with E-state index < -0.39 is 0 Å². The fraction of sp³-hybridized carbons (Fsp3) is 0.333. The molecule has 0 spiro atoms. The van der Waals surface area contributed by atoms with E-state index in [4.69, 9.17) is 0 Å². The Morgan fingerprint density at radius 3 is 2.89 bits per heavy atom. The number of aromatic amines is 1. The zero-order valence-electron chi connectivity index (χ0n) is 5.55. The van der Waals surface area contributed by atoms with Gasteiger partial charge in [0.15, 0.2) is 0 Å². The van der Waals surface area contributed by atoms with Crippen molar-refractivity contribution < 1.29 is 0 Å². The third-order valence-corrected chi connectivity index (χ3v) is 0.813. The molecule has 0 aromatic carbocycles. The molecule has 0 atom stereocenters. The molecule has 0 amide bonds. The third-order valence-electron chi connectivity index (χ3n) is 0.813. The lowest BCUT2D eigenvalue weighted by molar-refractivity contribution is 1.24. The van der Waals surface area contributed by atoms with Crippen LogP contribution in [0.4, 0.5) is 5.95 Å². The number of aliphatic imine (C=N–C) groups is 1. The first-order valence-corrected chi connectivity index (χ1v) is 2.80. The number of hydrogen-bond acceptors (Lipinski definition) is 2. The van der Waals surface area contributed by atoms with Crippen molar-refractivity contribution >= 4 is 11.7 Å². The fourth-order valence-electron chi connectivity index (χ4n) is 0.530. The van der Waals surface area contributed by atoms with Crippen molar-refractivity contribution in [3.63, 3.8) is 0 Å².